The van der Waals surface area contributed by atoms with Crippen molar-refractivity contribution >= 4 is 0 Å². The van der Waals surface area contributed by atoms with Crippen LogP contribution in [-0.4, -0.2) is 16.6 Å². The molecule has 0 radical (unpaired) electrons. The number of nitrogens with zero attached hydrogens (tertiary/aromatic N) is 3. The summed E-state index contributed by atoms with van der Waals surface area (Å²) >= 11 is 0. The molecule has 0 fully saturated rings. The molecule has 0 unspecified atom stereocenters. The highest BCUT2D eigenvalue weighted by molar-refractivity contribution is 5.78. The van der Waals surface area contributed by atoms with Crippen molar-refractivity contribution in [1.29, 1.82) is 5.26 Å². The van der Waals surface area contributed by atoms with Crippen molar-refractivity contribution in [2.24, 2.45) is 0 Å². The summed E-state index contributed by atoms with van der Waals surface area (Å²) in [5.74, 6) is 0.300. The molecule has 0 amide bonds. The highest BCUT2D eigenvalue weighted by Gasteiger charge is 2.17. The van der Waals surface area contributed by atoms with Crippen LogP contribution in [0.15, 0.2) is 60.7 Å². The van der Waals surface area contributed by atoms with Gasteiger partial charge in [0.1, 0.15) is 11.8 Å². The number of ether oxygens (including phenoxy) is 1. The third-order valence-electron chi connectivity index (χ3n) is 3.80. The van der Waals surface area contributed by atoms with Crippen molar-refractivity contribution < 1.29 is 4.74 Å². The second kappa shape index (κ2) is 8.07. The van der Waals surface area contributed by atoms with Crippen LogP contribution in [0.5, 0.6) is 5.88 Å². The molecule has 0 saturated carbocycles. The monoisotopic (exact) mass is 329 g/mol. The SMILES string of the molecule is CCCCOc1nc(-c2ccccc2)c(-c2ccccc2)nc1C#N. The molecule has 0 saturated heterocycles. The minimum atomic E-state index is 0.217. The van der Waals surface area contributed by atoms with E-state index < -0.39 is 0 Å². The third kappa shape index (κ3) is 3.84. The summed E-state index contributed by atoms with van der Waals surface area (Å²) < 4.78 is 5.73. The Labute approximate surface area is 147 Å². The Hall–Kier alpha value is -3.19. The summed E-state index contributed by atoms with van der Waals surface area (Å²) in [6.45, 7) is 2.62. The Morgan fingerprint density at radius 3 is 1.96 bits per heavy atom. The summed E-state index contributed by atoms with van der Waals surface area (Å²) in [5, 5.41) is 9.48. The van der Waals surface area contributed by atoms with Gasteiger partial charge in [0.05, 0.1) is 12.3 Å². The Kier molecular flexibility index (Phi) is 5.38. The van der Waals surface area contributed by atoms with Gasteiger partial charge in [-0.15, -0.1) is 0 Å². The number of nitriles is 1. The molecule has 3 aromatic rings. The van der Waals surface area contributed by atoms with Gasteiger partial charge in [-0.05, 0) is 6.42 Å². The Bertz CT molecular complexity index is 871. The van der Waals surface area contributed by atoms with Crippen LogP contribution in [0.1, 0.15) is 25.5 Å². The molecular formula is C21H19N3O. The lowest BCUT2D eigenvalue weighted by Crippen LogP contribution is -2.05. The summed E-state index contributed by atoms with van der Waals surface area (Å²) in [6, 6.07) is 21.7. The lowest BCUT2D eigenvalue weighted by Gasteiger charge is -2.13. The number of unbranched alkanes of at least 4 members (excludes halogenated alkanes) is 1. The smallest absolute Gasteiger partial charge is 0.251 e. The Balaban J connectivity index is 2.15. The fourth-order valence-electron chi connectivity index (χ4n) is 2.50. The third-order valence-corrected chi connectivity index (χ3v) is 3.80. The summed E-state index contributed by atoms with van der Waals surface area (Å²) in [6.07, 6.45) is 1.93. The van der Waals surface area contributed by atoms with Gasteiger partial charge in [-0.1, -0.05) is 74.0 Å². The van der Waals surface area contributed by atoms with Crippen molar-refractivity contribution in [2.45, 2.75) is 19.8 Å². The van der Waals surface area contributed by atoms with Crippen molar-refractivity contribution in [1.82, 2.24) is 9.97 Å². The van der Waals surface area contributed by atoms with Gasteiger partial charge in [0.15, 0.2) is 0 Å². The highest BCUT2D eigenvalue weighted by atomic mass is 16.5. The van der Waals surface area contributed by atoms with E-state index in [0.29, 0.717) is 18.2 Å². The number of rotatable bonds is 6. The maximum absolute atomic E-state index is 9.48. The van der Waals surface area contributed by atoms with Crippen molar-refractivity contribution in [3.05, 3.63) is 66.4 Å². The summed E-state index contributed by atoms with van der Waals surface area (Å²) in [5.41, 5.74) is 3.49. The van der Waals surface area contributed by atoms with Gasteiger partial charge in [-0.25, -0.2) is 9.97 Å². The standard InChI is InChI=1S/C21H19N3O/c1-2-3-14-25-21-18(15-22)23-19(16-10-6-4-7-11-16)20(24-21)17-12-8-5-9-13-17/h4-13H,2-3,14H2,1H3. The molecule has 0 aliphatic rings. The molecule has 0 aliphatic heterocycles. The molecule has 1 heterocycles. The fourth-order valence-corrected chi connectivity index (χ4v) is 2.50. The molecular weight excluding hydrogens is 310 g/mol. The largest absolute Gasteiger partial charge is 0.476 e. The van der Waals surface area contributed by atoms with Crippen LogP contribution in [0.3, 0.4) is 0 Å². The number of hydrogen-bond acceptors (Lipinski definition) is 4. The van der Waals surface area contributed by atoms with E-state index in [2.05, 4.69) is 23.0 Å². The maximum Gasteiger partial charge on any atom is 0.251 e. The molecule has 4 nitrogen and oxygen atoms in total. The number of aromatic nitrogens is 2. The van der Waals surface area contributed by atoms with Crippen molar-refractivity contribution in [3.8, 4) is 34.5 Å². The van der Waals surface area contributed by atoms with E-state index in [1.807, 2.05) is 60.7 Å². The van der Waals surface area contributed by atoms with Crippen molar-refractivity contribution in [3.63, 3.8) is 0 Å². The van der Waals surface area contributed by atoms with E-state index in [9.17, 15) is 5.26 Å². The van der Waals surface area contributed by atoms with Crippen LogP contribution in [-0.2, 0) is 0 Å². The molecule has 0 aliphatic carbocycles. The zero-order chi connectivity index (χ0) is 17.5. The van der Waals surface area contributed by atoms with E-state index in [4.69, 9.17) is 4.74 Å². The molecule has 4 heteroatoms. The molecule has 0 atom stereocenters. The molecule has 124 valence electrons. The van der Waals surface area contributed by atoms with E-state index in [-0.39, 0.29) is 5.69 Å². The van der Waals surface area contributed by atoms with E-state index in [1.54, 1.807) is 0 Å². The predicted octanol–water partition coefficient (Wildman–Crippen LogP) is 4.86. The Morgan fingerprint density at radius 1 is 0.880 bits per heavy atom. The normalized spacial score (nSPS) is 10.2. The summed E-state index contributed by atoms with van der Waals surface area (Å²) in [7, 11) is 0. The van der Waals surface area contributed by atoms with Gasteiger partial charge in [-0.2, -0.15) is 5.26 Å². The average Bonchev–Trinajstić information content (AvgIpc) is 2.69. The minimum absolute atomic E-state index is 0.217. The second-order valence-electron chi connectivity index (χ2n) is 5.62. The van der Waals surface area contributed by atoms with E-state index in [0.717, 1.165) is 29.7 Å². The molecule has 2 aromatic carbocycles. The van der Waals surface area contributed by atoms with E-state index >= 15 is 0 Å². The topological polar surface area (TPSA) is 58.8 Å². The first-order valence-electron chi connectivity index (χ1n) is 8.39. The zero-order valence-corrected chi connectivity index (χ0v) is 14.1. The van der Waals surface area contributed by atoms with Crippen LogP contribution in [0.4, 0.5) is 0 Å². The second-order valence-corrected chi connectivity index (χ2v) is 5.62. The van der Waals surface area contributed by atoms with Crippen molar-refractivity contribution in [2.75, 3.05) is 6.61 Å². The number of hydrogen-bond donors (Lipinski definition) is 0. The van der Waals surface area contributed by atoms with E-state index in [1.165, 1.54) is 0 Å². The van der Waals surface area contributed by atoms with Crippen LogP contribution in [0, 0.1) is 11.3 Å². The lowest BCUT2D eigenvalue weighted by atomic mass is 10.0. The molecule has 1 aromatic heterocycles. The van der Waals surface area contributed by atoms with Gasteiger partial charge in [-0.3, -0.25) is 0 Å². The van der Waals surface area contributed by atoms with Gasteiger partial charge in [0.25, 0.3) is 5.88 Å². The minimum Gasteiger partial charge on any atom is -0.476 e. The van der Waals surface area contributed by atoms with Gasteiger partial charge in [0, 0.05) is 11.1 Å². The first kappa shape index (κ1) is 16.7. The van der Waals surface area contributed by atoms with Gasteiger partial charge in [0.2, 0.25) is 5.69 Å². The van der Waals surface area contributed by atoms with Gasteiger partial charge < -0.3 is 4.74 Å². The molecule has 0 N–H and O–H groups in total. The quantitative estimate of drug-likeness (QED) is 0.606. The highest BCUT2D eigenvalue weighted by Crippen LogP contribution is 2.31. The lowest BCUT2D eigenvalue weighted by molar-refractivity contribution is 0.296. The molecule has 3 rings (SSSR count). The fraction of sp³-hybridized carbons (Fsp3) is 0.190. The molecule has 0 spiro atoms. The average molecular weight is 329 g/mol. The Morgan fingerprint density at radius 2 is 1.44 bits per heavy atom. The number of benzene rings is 2. The molecule has 25 heavy (non-hydrogen) atoms. The molecule has 0 bridgehead atoms. The van der Waals surface area contributed by atoms with Crippen LogP contribution in [0.2, 0.25) is 0 Å². The first-order valence-corrected chi connectivity index (χ1v) is 8.39. The zero-order valence-electron chi connectivity index (χ0n) is 14.1. The summed E-state index contributed by atoms with van der Waals surface area (Å²) in [4.78, 5) is 9.22. The van der Waals surface area contributed by atoms with Crippen LogP contribution < -0.4 is 4.74 Å². The first-order chi connectivity index (χ1) is 12.3. The van der Waals surface area contributed by atoms with Crippen LogP contribution in [0.25, 0.3) is 22.5 Å². The maximum atomic E-state index is 9.48. The van der Waals surface area contributed by atoms with Gasteiger partial charge >= 0.3 is 0 Å². The van der Waals surface area contributed by atoms with Crippen LogP contribution >= 0.6 is 0 Å². The predicted molar refractivity (Wildman–Crippen MR) is 98.0 cm³/mol.